The first kappa shape index (κ1) is 13.2. The van der Waals surface area contributed by atoms with Gasteiger partial charge in [0.15, 0.2) is 0 Å². The number of hydrogen-bond acceptors (Lipinski definition) is 3. The van der Waals surface area contributed by atoms with Crippen LogP contribution in [0.3, 0.4) is 0 Å². The molecule has 0 aliphatic rings. The van der Waals surface area contributed by atoms with E-state index in [1.807, 2.05) is 19.1 Å². The molecule has 16 heavy (non-hydrogen) atoms. The van der Waals surface area contributed by atoms with Crippen molar-refractivity contribution in [1.29, 1.82) is 0 Å². The summed E-state index contributed by atoms with van der Waals surface area (Å²) in [5.41, 5.74) is 0. The molecule has 0 fully saturated rings. The molecule has 4 heteroatoms. The summed E-state index contributed by atoms with van der Waals surface area (Å²) in [6.07, 6.45) is 1.70. The second-order valence-electron chi connectivity index (χ2n) is 3.95. The van der Waals surface area contributed by atoms with E-state index in [-0.39, 0.29) is 12.5 Å². The minimum absolute atomic E-state index is 0.00510. The van der Waals surface area contributed by atoms with E-state index in [0.717, 1.165) is 17.7 Å². The van der Waals surface area contributed by atoms with Crippen LogP contribution in [0.4, 0.5) is 0 Å². The highest BCUT2D eigenvalue weighted by Crippen LogP contribution is 2.16. The number of aliphatic hydroxyl groups excluding tert-OH is 1. The second-order valence-corrected chi connectivity index (χ2v) is 5.12. The van der Waals surface area contributed by atoms with Crippen molar-refractivity contribution in [2.75, 3.05) is 13.2 Å². The molecule has 90 valence electrons. The van der Waals surface area contributed by atoms with Gasteiger partial charge in [0.2, 0.25) is 0 Å². The number of carbonyl (C=O) groups is 1. The number of aryl methyl sites for hydroxylation is 1. The van der Waals surface area contributed by atoms with Crippen molar-refractivity contribution in [2.24, 2.45) is 5.92 Å². The molecule has 0 aliphatic heterocycles. The van der Waals surface area contributed by atoms with Gasteiger partial charge < -0.3 is 10.4 Å². The third-order valence-electron chi connectivity index (χ3n) is 2.47. The maximum absolute atomic E-state index is 11.7. The van der Waals surface area contributed by atoms with Crippen LogP contribution < -0.4 is 5.32 Å². The van der Waals surface area contributed by atoms with Crippen LogP contribution in [0.15, 0.2) is 12.1 Å². The zero-order chi connectivity index (χ0) is 12.0. The number of amides is 1. The van der Waals surface area contributed by atoms with Gasteiger partial charge in [-0.25, -0.2) is 0 Å². The fourth-order valence-electron chi connectivity index (χ4n) is 1.37. The summed E-state index contributed by atoms with van der Waals surface area (Å²) in [6.45, 7) is 4.90. The van der Waals surface area contributed by atoms with Gasteiger partial charge in [-0.15, -0.1) is 11.3 Å². The van der Waals surface area contributed by atoms with Crippen molar-refractivity contribution in [3.8, 4) is 0 Å². The Bertz CT molecular complexity index is 336. The van der Waals surface area contributed by atoms with E-state index >= 15 is 0 Å². The molecule has 1 unspecified atom stereocenters. The van der Waals surface area contributed by atoms with Crippen LogP contribution in [-0.2, 0) is 6.42 Å². The van der Waals surface area contributed by atoms with Crippen LogP contribution in [0.5, 0.6) is 0 Å². The second kappa shape index (κ2) is 6.66. The lowest BCUT2D eigenvalue weighted by Gasteiger charge is -2.10. The van der Waals surface area contributed by atoms with Crippen LogP contribution in [0.1, 0.15) is 34.8 Å². The monoisotopic (exact) mass is 241 g/mol. The maximum Gasteiger partial charge on any atom is 0.261 e. The third-order valence-corrected chi connectivity index (χ3v) is 3.70. The van der Waals surface area contributed by atoms with Crippen molar-refractivity contribution in [2.45, 2.75) is 26.7 Å². The van der Waals surface area contributed by atoms with E-state index in [2.05, 4.69) is 12.2 Å². The van der Waals surface area contributed by atoms with Gasteiger partial charge in [0.25, 0.3) is 5.91 Å². The van der Waals surface area contributed by atoms with E-state index in [1.54, 1.807) is 11.3 Å². The molecule has 0 spiro atoms. The Morgan fingerprint density at radius 1 is 1.56 bits per heavy atom. The third kappa shape index (κ3) is 3.94. The van der Waals surface area contributed by atoms with Gasteiger partial charge in [-0.1, -0.05) is 13.8 Å². The quantitative estimate of drug-likeness (QED) is 0.801. The van der Waals surface area contributed by atoms with E-state index in [0.29, 0.717) is 12.5 Å². The highest BCUT2D eigenvalue weighted by Gasteiger charge is 2.09. The van der Waals surface area contributed by atoms with Gasteiger partial charge in [-0.05, 0) is 30.9 Å². The number of nitrogens with one attached hydrogen (secondary N) is 1. The summed E-state index contributed by atoms with van der Waals surface area (Å²) < 4.78 is 0. The molecule has 3 nitrogen and oxygen atoms in total. The van der Waals surface area contributed by atoms with Crippen molar-refractivity contribution in [3.63, 3.8) is 0 Å². The standard InChI is InChI=1S/C12H19NO2S/c1-3-10-4-5-11(16-10)12(15)13-8-9(2)6-7-14/h4-5,9,14H,3,6-8H2,1-2H3,(H,13,15). The SMILES string of the molecule is CCc1ccc(C(=O)NCC(C)CCO)s1. The van der Waals surface area contributed by atoms with Gasteiger partial charge in [-0.3, -0.25) is 4.79 Å². The molecule has 1 aromatic rings. The average Bonchev–Trinajstić information content (AvgIpc) is 2.75. The van der Waals surface area contributed by atoms with Crippen LogP contribution in [-0.4, -0.2) is 24.2 Å². The van der Waals surface area contributed by atoms with E-state index in [4.69, 9.17) is 5.11 Å². The first-order chi connectivity index (χ1) is 7.67. The van der Waals surface area contributed by atoms with Crippen LogP contribution in [0, 0.1) is 5.92 Å². The minimum atomic E-state index is -0.00510. The van der Waals surface area contributed by atoms with Crippen LogP contribution in [0.25, 0.3) is 0 Å². The Labute approximate surface area is 100 Å². The predicted octanol–water partition coefficient (Wildman–Crippen LogP) is 2.06. The fraction of sp³-hybridized carbons (Fsp3) is 0.583. The molecule has 2 N–H and O–H groups in total. The Morgan fingerprint density at radius 2 is 2.31 bits per heavy atom. The predicted molar refractivity (Wildman–Crippen MR) is 66.9 cm³/mol. The zero-order valence-electron chi connectivity index (χ0n) is 9.82. The first-order valence-corrected chi connectivity index (χ1v) is 6.46. The van der Waals surface area contributed by atoms with Crippen molar-refractivity contribution < 1.29 is 9.90 Å². The van der Waals surface area contributed by atoms with Crippen molar-refractivity contribution in [1.82, 2.24) is 5.32 Å². The molecule has 1 aromatic heterocycles. The zero-order valence-corrected chi connectivity index (χ0v) is 10.6. The molecule has 0 saturated carbocycles. The molecule has 1 heterocycles. The summed E-state index contributed by atoms with van der Waals surface area (Å²) in [6, 6.07) is 3.87. The fourth-order valence-corrected chi connectivity index (χ4v) is 2.23. The molecular weight excluding hydrogens is 222 g/mol. The average molecular weight is 241 g/mol. The summed E-state index contributed by atoms with van der Waals surface area (Å²) in [5.74, 6) is 0.314. The van der Waals surface area contributed by atoms with Crippen LogP contribution >= 0.6 is 11.3 Å². The number of thiophene rings is 1. The Morgan fingerprint density at radius 3 is 2.88 bits per heavy atom. The summed E-state index contributed by atoms with van der Waals surface area (Å²) >= 11 is 1.54. The molecule has 0 bridgehead atoms. The maximum atomic E-state index is 11.7. The first-order valence-electron chi connectivity index (χ1n) is 5.65. The molecule has 0 aliphatic carbocycles. The topological polar surface area (TPSA) is 49.3 Å². The molecular formula is C12H19NO2S. The normalized spacial score (nSPS) is 12.4. The molecule has 1 atom stereocenters. The Hall–Kier alpha value is -0.870. The van der Waals surface area contributed by atoms with Gasteiger partial charge in [0.05, 0.1) is 4.88 Å². The van der Waals surface area contributed by atoms with Gasteiger partial charge >= 0.3 is 0 Å². The highest BCUT2D eigenvalue weighted by molar-refractivity contribution is 7.14. The number of rotatable bonds is 6. The number of aliphatic hydroxyl groups is 1. The minimum Gasteiger partial charge on any atom is -0.396 e. The lowest BCUT2D eigenvalue weighted by molar-refractivity contribution is 0.0949. The van der Waals surface area contributed by atoms with Crippen molar-refractivity contribution in [3.05, 3.63) is 21.9 Å². The Kier molecular flexibility index (Phi) is 5.49. The lowest BCUT2D eigenvalue weighted by atomic mass is 10.1. The molecule has 1 rings (SSSR count). The highest BCUT2D eigenvalue weighted by atomic mass is 32.1. The number of hydrogen-bond donors (Lipinski definition) is 2. The van der Waals surface area contributed by atoms with Crippen LogP contribution in [0.2, 0.25) is 0 Å². The molecule has 0 radical (unpaired) electrons. The van der Waals surface area contributed by atoms with Gasteiger partial charge in [-0.2, -0.15) is 0 Å². The van der Waals surface area contributed by atoms with E-state index in [1.165, 1.54) is 4.88 Å². The van der Waals surface area contributed by atoms with Gasteiger partial charge in [0.1, 0.15) is 0 Å². The molecule has 1 amide bonds. The summed E-state index contributed by atoms with van der Waals surface area (Å²) in [5, 5.41) is 11.6. The molecule has 0 saturated heterocycles. The largest absolute Gasteiger partial charge is 0.396 e. The van der Waals surface area contributed by atoms with E-state index < -0.39 is 0 Å². The van der Waals surface area contributed by atoms with Gasteiger partial charge in [0, 0.05) is 18.0 Å². The lowest BCUT2D eigenvalue weighted by Crippen LogP contribution is -2.27. The number of carbonyl (C=O) groups excluding carboxylic acids is 1. The van der Waals surface area contributed by atoms with Crippen molar-refractivity contribution >= 4 is 17.2 Å². The van der Waals surface area contributed by atoms with E-state index in [9.17, 15) is 4.79 Å². The smallest absolute Gasteiger partial charge is 0.261 e. The summed E-state index contributed by atoms with van der Waals surface area (Å²) in [7, 11) is 0. The summed E-state index contributed by atoms with van der Waals surface area (Å²) in [4.78, 5) is 13.7. The Balaban J connectivity index is 2.40. The molecule has 0 aromatic carbocycles.